The minimum absolute atomic E-state index is 0.157. The van der Waals surface area contributed by atoms with Gasteiger partial charge >= 0.3 is 6.18 Å². The van der Waals surface area contributed by atoms with Crippen molar-refractivity contribution < 1.29 is 18.0 Å². The van der Waals surface area contributed by atoms with Crippen LogP contribution in [-0.4, -0.2) is 32.6 Å². The molecule has 1 aromatic carbocycles. The molecule has 24 heavy (non-hydrogen) atoms. The molecular formula is C14H14F3N5OS. The van der Waals surface area contributed by atoms with E-state index >= 15 is 0 Å². The fraction of sp³-hybridized carbons (Fsp3) is 0.357. The Hall–Kier alpha value is -2.23. The molecule has 10 heteroatoms. The lowest BCUT2D eigenvalue weighted by Gasteiger charge is -2.21. The summed E-state index contributed by atoms with van der Waals surface area (Å²) in [5.41, 5.74) is 1.91. The molecule has 128 valence electrons. The van der Waals surface area contributed by atoms with Crippen LogP contribution >= 0.6 is 11.8 Å². The van der Waals surface area contributed by atoms with Crippen molar-refractivity contribution in [3.05, 3.63) is 35.7 Å². The molecule has 0 aliphatic carbocycles. The third-order valence-electron chi connectivity index (χ3n) is 3.70. The van der Waals surface area contributed by atoms with Gasteiger partial charge < -0.3 is 10.7 Å². The molecule has 1 aliphatic rings. The Labute approximate surface area is 139 Å². The smallest absolute Gasteiger partial charge is 0.335 e. The lowest BCUT2D eigenvalue weighted by molar-refractivity contribution is -0.146. The first-order valence-corrected chi connectivity index (χ1v) is 8.00. The van der Waals surface area contributed by atoms with Gasteiger partial charge in [-0.1, -0.05) is 30.0 Å². The number of nitrogens with zero attached hydrogens (tertiary/aromatic N) is 4. The van der Waals surface area contributed by atoms with E-state index in [1.807, 2.05) is 24.3 Å². The van der Waals surface area contributed by atoms with Crippen LogP contribution in [0, 0.1) is 0 Å². The summed E-state index contributed by atoms with van der Waals surface area (Å²) in [5, 5.41) is 5.68. The lowest BCUT2D eigenvalue weighted by atomic mass is 10.2. The van der Waals surface area contributed by atoms with Crippen molar-refractivity contribution in [1.29, 1.82) is 0 Å². The van der Waals surface area contributed by atoms with Gasteiger partial charge in [0.1, 0.15) is 0 Å². The van der Waals surface area contributed by atoms with Crippen molar-refractivity contribution in [2.24, 2.45) is 0 Å². The summed E-state index contributed by atoms with van der Waals surface area (Å²) in [6.07, 6.45) is -3.94. The van der Waals surface area contributed by atoms with Gasteiger partial charge in [0.05, 0.1) is 5.25 Å². The Morgan fingerprint density at radius 2 is 2.04 bits per heavy atom. The van der Waals surface area contributed by atoms with E-state index in [0.29, 0.717) is 11.2 Å². The van der Waals surface area contributed by atoms with E-state index in [9.17, 15) is 18.0 Å². The van der Waals surface area contributed by atoms with E-state index in [2.05, 4.69) is 10.2 Å². The molecule has 2 aromatic rings. The fourth-order valence-corrected chi connectivity index (χ4v) is 3.38. The number of halogens is 3. The molecule has 1 atom stereocenters. The van der Waals surface area contributed by atoms with Crippen molar-refractivity contribution in [2.75, 3.05) is 17.3 Å². The minimum atomic E-state index is -4.69. The van der Waals surface area contributed by atoms with Crippen LogP contribution in [0.25, 0.3) is 0 Å². The van der Waals surface area contributed by atoms with Gasteiger partial charge in [-0.25, -0.2) is 4.68 Å². The summed E-state index contributed by atoms with van der Waals surface area (Å²) < 4.78 is 38.4. The number of nitrogen functional groups attached to an aromatic ring is 1. The number of carbonyl (C=O) groups excluding carboxylic acids is 1. The Kier molecular flexibility index (Phi) is 4.16. The molecule has 1 aliphatic heterocycles. The van der Waals surface area contributed by atoms with E-state index in [0.717, 1.165) is 29.4 Å². The standard InChI is InChI=1S/C14H14F3N5OS/c1-8(24-13-20-19-12(22(13)18)14(15,16)17)11(23)21-7-6-9-4-2-3-5-10(9)21/h2-5,8H,6-7,18H2,1H3. The maximum absolute atomic E-state index is 12.7. The number of thioether (sulfide) groups is 1. The van der Waals surface area contributed by atoms with Gasteiger partial charge in [-0.2, -0.15) is 13.2 Å². The zero-order valence-corrected chi connectivity index (χ0v) is 13.4. The average Bonchev–Trinajstić information content (AvgIpc) is 3.10. The molecule has 0 saturated carbocycles. The monoisotopic (exact) mass is 357 g/mol. The number of amides is 1. The highest BCUT2D eigenvalue weighted by Gasteiger charge is 2.39. The summed E-state index contributed by atoms with van der Waals surface area (Å²) in [7, 11) is 0. The zero-order valence-electron chi connectivity index (χ0n) is 12.6. The summed E-state index contributed by atoms with van der Waals surface area (Å²) in [6.45, 7) is 2.15. The Bertz CT molecular complexity index is 776. The highest BCUT2D eigenvalue weighted by molar-refractivity contribution is 8.00. The van der Waals surface area contributed by atoms with Crippen LogP contribution in [0.1, 0.15) is 18.3 Å². The Morgan fingerprint density at radius 3 is 2.71 bits per heavy atom. The van der Waals surface area contributed by atoms with Gasteiger partial charge in [0.2, 0.25) is 11.1 Å². The highest BCUT2D eigenvalue weighted by atomic mass is 32.2. The molecule has 6 nitrogen and oxygen atoms in total. The molecule has 1 amide bonds. The molecule has 1 aromatic heterocycles. The number of alkyl halides is 3. The summed E-state index contributed by atoms with van der Waals surface area (Å²) in [6, 6.07) is 7.55. The number of hydrogen-bond donors (Lipinski definition) is 1. The summed E-state index contributed by atoms with van der Waals surface area (Å²) in [4.78, 5) is 14.2. The zero-order chi connectivity index (χ0) is 17.5. The van der Waals surface area contributed by atoms with Gasteiger partial charge in [0.15, 0.2) is 0 Å². The molecule has 1 unspecified atom stereocenters. The number of rotatable bonds is 3. The average molecular weight is 357 g/mol. The van der Waals surface area contributed by atoms with Gasteiger partial charge in [-0.3, -0.25) is 4.79 Å². The third kappa shape index (κ3) is 2.93. The van der Waals surface area contributed by atoms with E-state index in [4.69, 9.17) is 5.84 Å². The number of carbonyl (C=O) groups is 1. The molecule has 3 rings (SSSR count). The van der Waals surface area contributed by atoms with Crippen molar-refractivity contribution in [3.8, 4) is 0 Å². The first-order chi connectivity index (χ1) is 11.3. The van der Waals surface area contributed by atoms with E-state index in [-0.39, 0.29) is 11.1 Å². The van der Waals surface area contributed by atoms with Crippen LogP contribution in [0.5, 0.6) is 0 Å². The topological polar surface area (TPSA) is 77.0 Å². The number of nitrogens with two attached hydrogens (primary N) is 1. The predicted molar refractivity (Wildman–Crippen MR) is 83.0 cm³/mol. The second-order valence-corrected chi connectivity index (χ2v) is 6.61. The Morgan fingerprint density at radius 1 is 1.33 bits per heavy atom. The maximum atomic E-state index is 12.7. The lowest BCUT2D eigenvalue weighted by Crippen LogP contribution is -2.35. The fourth-order valence-electron chi connectivity index (χ4n) is 2.55. The minimum Gasteiger partial charge on any atom is -0.335 e. The van der Waals surface area contributed by atoms with Gasteiger partial charge in [0, 0.05) is 12.2 Å². The summed E-state index contributed by atoms with van der Waals surface area (Å²) >= 11 is 0.850. The van der Waals surface area contributed by atoms with Gasteiger partial charge in [-0.15, -0.1) is 10.2 Å². The van der Waals surface area contributed by atoms with E-state index < -0.39 is 17.3 Å². The number of fused-ring (bicyclic) bond motifs is 1. The number of hydrogen-bond acceptors (Lipinski definition) is 5. The molecule has 0 saturated heterocycles. The van der Waals surface area contributed by atoms with Crippen LogP contribution in [0.2, 0.25) is 0 Å². The van der Waals surface area contributed by atoms with Crippen LogP contribution < -0.4 is 10.7 Å². The normalized spacial score (nSPS) is 15.4. The second-order valence-electron chi connectivity index (χ2n) is 5.30. The first-order valence-electron chi connectivity index (χ1n) is 7.12. The van der Waals surface area contributed by atoms with Crippen molar-refractivity contribution in [1.82, 2.24) is 14.9 Å². The number of para-hydroxylation sites is 1. The second kappa shape index (κ2) is 6.00. The third-order valence-corrected chi connectivity index (χ3v) is 4.75. The number of benzene rings is 1. The maximum Gasteiger partial charge on any atom is 0.453 e. The molecule has 2 N–H and O–H groups in total. The van der Waals surface area contributed by atoms with Crippen molar-refractivity contribution in [3.63, 3.8) is 0 Å². The van der Waals surface area contributed by atoms with E-state index in [1.165, 1.54) is 0 Å². The molecule has 2 heterocycles. The largest absolute Gasteiger partial charge is 0.453 e. The SMILES string of the molecule is CC(Sc1nnc(C(F)(F)F)n1N)C(=O)N1CCc2ccccc21. The van der Waals surface area contributed by atoms with Crippen molar-refractivity contribution >= 4 is 23.4 Å². The highest BCUT2D eigenvalue weighted by Crippen LogP contribution is 2.33. The van der Waals surface area contributed by atoms with Crippen LogP contribution in [0.4, 0.5) is 18.9 Å². The Balaban J connectivity index is 1.75. The summed E-state index contributed by atoms with van der Waals surface area (Å²) in [5.74, 6) is 3.89. The van der Waals surface area contributed by atoms with Crippen LogP contribution in [-0.2, 0) is 17.4 Å². The molecule has 0 bridgehead atoms. The molecule has 0 radical (unpaired) electrons. The predicted octanol–water partition coefficient (Wildman–Crippen LogP) is 2.08. The molecular weight excluding hydrogens is 343 g/mol. The quantitative estimate of drug-likeness (QED) is 0.672. The number of aromatic nitrogens is 3. The van der Waals surface area contributed by atoms with Gasteiger partial charge in [0.25, 0.3) is 5.82 Å². The molecule has 0 spiro atoms. The van der Waals surface area contributed by atoms with Crippen LogP contribution in [0.15, 0.2) is 29.4 Å². The molecule has 0 fully saturated rings. The van der Waals surface area contributed by atoms with Gasteiger partial charge in [-0.05, 0) is 25.0 Å². The van der Waals surface area contributed by atoms with Crippen LogP contribution in [0.3, 0.4) is 0 Å². The number of anilines is 1. The first kappa shape index (κ1) is 16.6. The van der Waals surface area contributed by atoms with Crippen molar-refractivity contribution in [2.45, 2.75) is 29.9 Å². The van der Waals surface area contributed by atoms with E-state index in [1.54, 1.807) is 11.8 Å².